The lowest BCUT2D eigenvalue weighted by Gasteiger charge is -2.25. The van der Waals surface area contributed by atoms with Crippen molar-refractivity contribution >= 4 is 17.4 Å². The summed E-state index contributed by atoms with van der Waals surface area (Å²) in [5.41, 5.74) is 2.80. The maximum atomic E-state index is 12.9. The molecule has 7 heteroatoms. The normalized spacial score (nSPS) is 18.3. The molecule has 0 bridgehead atoms. The Morgan fingerprint density at radius 1 is 1.14 bits per heavy atom. The van der Waals surface area contributed by atoms with Crippen LogP contribution in [0.3, 0.4) is 0 Å². The monoisotopic (exact) mass is 396 g/mol. The minimum Gasteiger partial charge on any atom is -0.507 e. The number of amides is 1. The third kappa shape index (κ3) is 3.73. The number of Topliss-reactive ketones (excluding diaryl/α,β-unsaturated/α-hetero) is 1. The molecule has 1 N–H and O–H groups in total. The van der Waals surface area contributed by atoms with E-state index >= 15 is 0 Å². The van der Waals surface area contributed by atoms with Crippen molar-refractivity contribution in [2.75, 3.05) is 27.4 Å². The number of ether oxygens (including phenoxy) is 2. The number of aryl methyl sites for hydroxylation is 2. The fourth-order valence-electron chi connectivity index (χ4n) is 3.60. The number of benzene rings is 1. The van der Waals surface area contributed by atoms with Crippen LogP contribution in [0, 0.1) is 13.8 Å². The summed E-state index contributed by atoms with van der Waals surface area (Å²) in [6.45, 7) is 4.17. The molecule has 1 fully saturated rings. The lowest BCUT2D eigenvalue weighted by molar-refractivity contribution is -0.140. The molecule has 1 unspecified atom stereocenters. The Labute approximate surface area is 169 Å². The molecule has 152 valence electrons. The van der Waals surface area contributed by atoms with Gasteiger partial charge in [-0.15, -0.1) is 0 Å². The van der Waals surface area contributed by atoms with Crippen LogP contribution in [-0.2, 0) is 14.3 Å². The Morgan fingerprint density at radius 3 is 2.45 bits per heavy atom. The molecule has 1 aromatic carbocycles. The molecule has 1 amide bonds. The van der Waals surface area contributed by atoms with E-state index in [1.807, 2.05) is 13.8 Å². The molecular formula is C22H24N2O5. The summed E-state index contributed by atoms with van der Waals surface area (Å²) >= 11 is 0. The first-order valence-corrected chi connectivity index (χ1v) is 9.23. The quantitative estimate of drug-likeness (QED) is 0.459. The minimum absolute atomic E-state index is 0.0602. The molecule has 0 aliphatic carbocycles. The predicted octanol–water partition coefficient (Wildman–Crippen LogP) is 2.78. The molecule has 3 rings (SSSR count). The molecule has 29 heavy (non-hydrogen) atoms. The number of aromatic nitrogens is 1. The number of hydrogen-bond acceptors (Lipinski definition) is 6. The number of methoxy groups -OCH3 is 2. The number of nitrogens with zero attached hydrogens (tertiary/aromatic N) is 2. The van der Waals surface area contributed by atoms with E-state index in [1.165, 1.54) is 12.0 Å². The van der Waals surface area contributed by atoms with Gasteiger partial charge in [0.2, 0.25) is 0 Å². The van der Waals surface area contributed by atoms with Crippen molar-refractivity contribution in [2.45, 2.75) is 19.9 Å². The van der Waals surface area contributed by atoms with E-state index in [0.29, 0.717) is 16.9 Å². The summed E-state index contributed by atoms with van der Waals surface area (Å²) in [7, 11) is 3.10. The summed E-state index contributed by atoms with van der Waals surface area (Å²) < 4.78 is 10.4. The van der Waals surface area contributed by atoms with E-state index in [-0.39, 0.29) is 24.5 Å². The number of pyridine rings is 1. The highest BCUT2D eigenvalue weighted by Gasteiger charge is 2.46. The van der Waals surface area contributed by atoms with E-state index in [0.717, 1.165) is 11.1 Å². The number of hydrogen-bond donors (Lipinski definition) is 1. The number of aliphatic hydroxyl groups is 1. The summed E-state index contributed by atoms with van der Waals surface area (Å²) in [4.78, 5) is 31.1. The SMILES string of the molecule is COCCN1C(=O)C(=O)/C(=C(/O)c2cc(C)c(OC)cc2C)C1c1ccncc1. The van der Waals surface area contributed by atoms with Gasteiger partial charge in [-0.25, -0.2) is 0 Å². The van der Waals surface area contributed by atoms with Crippen LogP contribution in [0.5, 0.6) is 5.75 Å². The summed E-state index contributed by atoms with van der Waals surface area (Å²) in [5, 5.41) is 11.1. The number of carbonyl (C=O) groups excluding carboxylic acids is 2. The molecule has 1 atom stereocenters. The number of carbonyl (C=O) groups is 2. The van der Waals surface area contributed by atoms with Crippen LogP contribution in [-0.4, -0.2) is 54.1 Å². The van der Waals surface area contributed by atoms with Crippen molar-refractivity contribution in [3.05, 3.63) is 64.5 Å². The van der Waals surface area contributed by atoms with Crippen LogP contribution < -0.4 is 4.74 Å². The fourth-order valence-corrected chi connectivity index (χ4v) is 3.60. The zero-order valence-electron chi connectivity index (χ0n) is 16.9. The second kappa shape index (κ2) is 8.45. The lowest BCUT2D eigenvalue weighted by atomic mass is 9.93. The number of rotatable bonds is 6. The number of likely N-dealkylation sites (tertiary alicyclic amines) is 1. The molecular weight excluding hydrogens is 372 g/mol. The van der Waals surface area contributed by atoms with E-state index in [2.05, 4.69) is 4.98 Å². The zero-order valence-corrected chi connectivity index (χ0v) is 16.9. The van der Waals surface area contributed by atoms with Crippen LogP contribution >= 0.6 is 0 Å². The van der Waals surface area contributed by atoms with Gasteiger partial charge in [-0.05, 0) is 54.8 Å². The van der Waals surface area contributed by atoms with Crippen molar-refractivity contribution in [3.8, 4) is 5.75 Å². The van der Waals surface area contributed by atoms with Gasteiger partial charge in [-0.1, -0.05) is 0 Å². The van der Waals surface area contributed by atoms with Crippen LogP contribution in [0.25, 0.3) is 5.76 Å². The van der Waals surface area contributed by atoms with E-state index in [9.17, 15) is 14.7 Å². The Hall–Kier alpha value is -3.19. The highest BCUT2D eigenvalue weighted by molar-refractivity contribution is 6.46. The molecule has 1 aliphatic rings. The molecule has 0 saturated carbocycles. The lowest BCUT2D eigenvalue weighted by Crippen LogP contribution is -2.32. The van der Waals surface area contributed by atoms with Crippen LogP contribution in [0.2, 0.25) is 0 Å². The van der Waals surface area contributed by atoms with Crippen molar-refractivity contribution < 1.29 is 24.2 Å². The van der Waals surface area contributed by atoms with Gasteiger partial charge in [0.25, 0.3) is 11.7 Å². The van der Waals surface area contributed by atoms with E-state index in [1.54, 1.807) is 43.8 Å². The molecule has 2 heterocycles. The standard InChI is InChI=1S/C22H24N2O5/c1-13-12-17(29-4)14(2)11-16(13)20(25)18-19(15-5-7-23-8-6-15)24(9-10-28-3)22(27)21(18)26/h5-8,11-12,19,25H,9-10H2,1-4H3/b20-18+. The first kappa shape index (κ1) is 20.5. The molecule has 7 nitrogen and oxygen atoms in total. The van der Waals surface area contributed by atoms with Crippen LogP contribution in [0.15, 0.2) is 42.2 Å². The topological polar surface area (TPSA) is 89.0 Å². The van der Waals surface area contributed by atoms with Crippen molar-refractivity contribution in [1.82, 2.24) is 9.88 Å². The first-order chi connectivity index (χ1) is 13.9. The molecule has 2 aromatic rings. The summed E-state index contributed by atoms with van der Waals surface area (Å²) in [5.74, 6) is -0.889. The average Bonchev–Trinajstić information content (AvgIpc) is 2.98. The van der Waals surface area contributed by atoms with Gasteiger partial charge < -0.3 is 19.5 Å². The smallest absolute Gasteiger partial charge is 0.295 e. The molecule has 1 saturated heterocycles. The Morgan fingerprint density at radius 2 is 1.83 bits per heavy atom. The van der Waals surface area contributed by atoms with Crippen LogP contribution in [0.1, 0.15) is 28.3 Å². The fraction of sp³-hybridized carbons (Fsp3) is 0.318. The van der Waals surface area contributed by atoms with Gasteiger partial charge >= 0.3 is 0 Å². The Balaban J connectivity index is 2.20. The predicted molar refractivity (Wildman–Crippen MR) is 108 cm³/mol. The summed E-state index contributed by atoms with van der Waals surface area (Å²) in [6.07, 6.45) is 3.18. The van der Waals surface area contributed by atoms with Crippen molar-refractivity contribution in [3.63, 3.8) is 0 Å². The van der Waals surface area contributed by atoms with Gasteiger partial charge in [0, 0.05) is 31.6 Å². The first-order valence-electron chi connectivity index (χ1n) is 9.23. The van der Waals surface area contributed by atoms with Crippen LogP contribution in [0.4, 0.5) is 0 Å². The van der Waals surface area contributed by atoms with Gasteiger partial charge in [-0.3, -0.25) is 14.6 Å². The number of aliphatic hydroxyl groups excluding tert-OH is 1. The Kier molecular flexibility index (Phi) is 5.98. The maximum absolute atomic E-state index is 12.9. The molecule has 0 spiro atoms. The van der Waals surface area contributed by atoms with Crippen molar-refractivity contribution in [2.24, 2.45) is 0 Å². The third-order valence-electron chi connectivity index (χ3n) is 5.10. The van der Waals surface area contributed by atoms with E-state index in [4.69, 9.17) is 9.47 Å². The highest BCUT2D eigenvalue weighted by Crippen LogP contribution is 2.40. The molecule has 0 radical (unpaired) electrons. The van der Waals surface area contributed by atoms with E-state index < -0.39 is 17.7 Å². The second-order valence-electron chi connectivity index (χ2n) is 6.90. The maximum Gasteiger partial charge on any atom is 0.295 e. The highest BCUT2D eigenvalue weighted by atomic mass is 16.5. The number of ketones is 1. The molecule has 1 aliphatic heterocycles. The van der Waals surface area contributed by atoms with Gasteiger partial charge in [-0.2, -0.15) is 0 Å². The zero-order chi connectivity index (χ0) is 21.1. The second-order valence-corrected chi connectivity index (χ2v) is 6.90. The van der Waals surface area contributed by atoms with Gasteiger partial charge in [0.05, 0.1) is 25.3 Å². The van der Waals surface area contributed by atoms with Gasteiger partial charge in [0.15, 0.2) is 0 Å². The van der Waals surface area contributed by atoms with Crippen molar-refractivity contribution in [1.29, 1.82) is 0 Å². The minimum atomic E-state index is -0.715. The summed E-state index contributed by atoms with van der Waals surface area (Å²) in [6, 6.07) is 6.31. The Bertz CT molecular complexity index is 969. The van der Waals surface area contributed by atoms with Gasteiger partial charge in [0.1, 0.15) is 11.5 Å². The average molecular weight is 396 g/mol. The third-order valence-corrected chi connectivity index (χ3v) is 5.10. The largest absolute Gasteiger partial charge is 0.507 e. The molecule has 1 aromatic heterocycles.